The Balaban J connectivity index is 1.28. The SMILES string of the molecule is O=C(Oc1cccc(Br)c1)c1ccc(C=Nc2ccc(-c3nc4ccccc4s3)c(O)c2)cc1. The number of aromatic nitrogens is 1. The number of fused-ring (bicyclic) bond motifs is 1. The minimum absolute atomic E-state index is 0.124. The van der Waals surface area contributed by atoms with E-state index < -0.39 is 5.97 Å². The minimum Gasteiger partial charge on any atom is -0.507 e. The van der Waals surface area contributed by atoms with Gasteiger partial charge in [-0.1, -0.05) is 46.3 Å². The molecule has 0 fully saturated rings. The van der Waals surface area contributed by atoms with Crippen molar-refractivity contribution in [3.63, 3.8) is 0 Å². The van der Waals surface area contributed by atoms with E-state index in [0.29, 0.717) is 22.6 Å². The summed E-state index contributed by atoms with van der Waals surface area (Å²) in [6.07, 6.45) is 1.68. The third-order valence-electron chi connectivity index (χ3n) is 5.02. The number of aliphatic imine (C=N–C) groups is 1. The van der Waals surface area contributed by atoms with Gasteiger partial charge in [0, 0.05) is 16.8 Å². The van der Waals surface area contributed by atoms with Crippen LogP contribution in [0.1, 0.15) is 15.9 Å². The summed E-state index contributed by atoms with van der Waals surface area (Å²) < 4.78 is 7.30. The first-order valence-electron chi connectivity index (χ1n) is 10.4. The van der Waals surface area contributed by atoms with E-state index in [1.165, 1.54) is 11.3 Å². The second-order valence-electron chi connectivity index (χ2n) is 7.42. The predicted octanol–water partition coefficient (Wildman–Crippen LogP) is 7.40. The molecule has 1 heterocycles. The summed E-state index contributed by atoms with van der Waals surface area (Å²) in [5.74, 6) is 0.162. The first kappa shape index (κ1) is 22.0. The Morgan fingerprint density at radius 3 is 2.56 bits per heavy atom. The molecule has 4 aromatic carbocycles. The van der Waals surface area contributed by atoms with Crippen molar-refractivity contribution in [1.82, 2.24) is 4.98 Å². The number of halogens is 1. The first-order valence-corrected chi connectivity index (χ1v) is 12.0. The average molecular weight is 529 g/mol. The number of hydrogen-bond acceptors (Lipinski definition) is 6. The van der Waals surface area contributed by atoms with Crippen molar-refractivity contribution in [3.8, 4) is 22.1 Å². The second kappa shape index (κ2) is 9.59. The van der Waals surface area contributed by atoms with Gasteiger partial charge in [0.05, 0.1) is 27.0 Å². The number of phenolic OH excluding ortho intramolecular Hbond substituents is 1. The van der Waals surface area contributed by atoms with E-state index >= 15 is 0 Å². The van der Waals surface area contributed by atoms with Gasteiger partial charge in [0.25, 0.3) is 0 Å². The van der Waals surface area contributed by atoms with Crippen molar-refractivity contribution in [2.24, 2.45) is 4.99 Å². The molecule has 0 spiro atoms. The van der Waals surface area contributed by atoms with Crippen LogP contribution in [0.5, 0.6) is 11.5 Å². The van der Waals surface area contributed by atoms with Crippen LogP contribution in [0.15, 0.2) is 100 Å². The molecule has 0 atom stereocenters. The van der Waals surface area contributed by atoms with Crippen LogP contribution >= 0.6 is 27.3 Å². The molecule has 5 aromatic rings. The molecule has 0 aliphatic heterocycles. The number of nitrogens with zero attached hydrogens (tertiary/aromatic N) is 2. The van der Waals surface area contributed by atoms with Crippen molar-refractivity contribution < 1.29 is 14.6 Å². The van der Waals surface area contributed by atoms with Crippen molar-refractivity contribution >= 4 is 55.4 Å². The number of ether oxygens (including phenoxy) is 1. The van der Waals surface area contributed by atoms with Gasteiger partial charge in [-0.25, -0.2) is 9.78 Å². The largest absolute Gasteiger partial charge is 0.507 e. The van der Waals surface area contributed by atoms with Gasteiger partial charge in [-0.15, -0.1) is 11.3 Å². The average Bonchev–Trinajstić information content (AvgIpc) is 3.27. The van der Waals surface area contributed by atoms with E-state index in [2.05, 4.69) is 25.9 Å². The lowest BCUT2D eigenvalue weighted by molar-refractivity contribution is 0.0734. The van der Waals surface area contributed by atoms with Crippen molar-refractivity contribution in [1.29, 1.82) is 0 Å². The van der Waals surface area contributed by atoms with Crippen molar-refractivity contribution in [2.45, 2.75) is 0 Å². The third-order valence-corrected chi connectivity index (χ3v) is 6.58. The molecule has 5 nitrogen and oxygen atoms in total. The summed E-state index contributed by atoms with van der Waals surface area (Å²) in [6, 6.07) is 27.2. The highest BCUT2D eigenvalue weighted by atomic mass is 79.9. The molecular formula is C27H17BrN2O3S. The summed E-state index contributed by atoms with van der Waals surface area (Å²) >= 11 is 4.89. The number of phenols is 1. The van der Waals surface area contributed by atoms with Gasteiger partial charge in [-0.3, -0.25) is 4.99 Å². The number of aromatic hydroxyl groups is 1. The van der Waals surface area contributed by atoms with Gasteiger partial charge in [-0.05, 0) is 60.2 Å². The number of thiazole rings is 1. The lowest BCUT2D eigenvalue weighted by Crippen LogP contribution is -2.08. The number of carbonyl (C=O) groups excluding carboxylic acids is 1. The van der Waals surface area contributed by atoms with Crippen LogP contribution in [0.4, 0.5) is 5.69 Å². The zero-order chi connectivity index (χ0) is 23.5. The van der Waals surface area contributed by atoms with E-state index in [9.17, 15) is 9.90 Å². The van der Waals surface area contributed by atoms with Gasteiger partial charge >= 0.3 is 5.97 Å². The second-order valence-corrected chi connectivity index (χ2v) is 9.36. The fourth-order valence-corrected chi connectivity index (χ4v) is 4.70. The van der Waals surface area contributed by atoms with Gasteiger partial charge in [0.15, 0.2) is 0 Å². The Morgan fingerprint density at radius 1 is 0.971 bits per heavy atom. The Bertz CT molecular complexity index is 1490. The standard InChI is InChI=1S/C27H17BrN2O3S/c28-19-4-3-5-21(14-19)33-27(32)18-10-8-17(9-11-18)16-29-20-12-13-22(24(31)15-20)26-30-23-6-1-2-7-25(23)34-26/h1-16,31H. The lowest BCUT2D eigenvalue weighted by Gasteiger charge is -2.05. The van der Waals surface area contributed by atoms with Crippen LogP contribution in [-0.2, 0) is 0 Å². The highest BCUT2D eigenvalue weighted by molar-refractivity contribution is 9.10. The molecule has 34 heavy (non-hydrogen) atoms. The molecule has 0 radical (unpaired) electrons. The molecule has 0 unspecified atom stereocenters. The fourth-order valence-electron chi connectivity index (χ4n) is 3.32. The van der Waals surface area contributed by atoms with E-state index in [1.807, 2.05) is 42.5 Å². The molecule has 0 saturated heterocycles. The number of para-hydroxylation sites is 1. The Labute approximate surface area is 208 Å². The van der Waals surface area contributed by atoms with Gasteiger partial charge in [0.1, 0.15) is 16.5 Å². The molecule has 5 rings (SSSR count). The molecule has 0 amide bonds. The number of esters is 1. The van der Waals surface area contributed by atoms with Gasteiger partial charge in [-0.2, -0.15) is 0 Å². The lowest BCUT2D eigenvalue weighted by atomic mass is 10.1. The van der Waals surface area contributed by atoms with Crippen molar-refractivity contribution in [3.05, 3.63) is 107 Å². The van der Waals surface area contributed by atoms with E-state index in [1.54, 1.807) is 54.7 Å². The number of benzene rings is 4. The first-order chi connectivity index (χ1) is 16.5. The zero-order valence-electron chi connectivity index (χ0n) is 17.7. The Kier molecular flexibility index (Phi) is 6.20. The van der Waals surface area contributed by atoms with Crippen LogP contribution < -0.4 is 4.74 Å². The molecule has 0 bridgehead atoms. The van der Waals surface area contributed by atoms with Crippen LogP contribution in [0, 0.1) is 0 Å². The Morgan fingerprint density at radius 2 is 1.79 bits per heavy atom. The van der Waals surface area contributed by atoms with E-state index in [4.69, 9.17) is 4.74 Å². The monoisotopic (exact) mass is 528 g/mol. The molecule has 1 N–H and O–H groups in total. The maximum absolute atomic E-state index is 12.4. The van der Waals surface area contributed by atoms with E-state index in [0.717, 1.165) is 25.3 Å². The normalized spacial score (nSPS) is 11.2. The maximum atomic E-state index is 12.4. The highest BCUT2D eigenvalue weighted by Crippen LogP contribution is 2.37. The third kappa shape index (κ3) is 4.90. The molecule has 7 heteroatoms. The molecule has 0 aliphatic carbocycles. The number of carbonyl (C=O) groups is 1. The summed E-state index contributed by atoms with van der Waals surface area (Å²) in [5, 5.41) is 11.3. The number of hydrogen-bond donors (Lipinski definition) is 1. The van der Waals surface area contributed by atoms with Crippen LogP contribution in [0.25, 0.3) is 20.8 Å². The fraction of sp³-hybridized carbons (Fsp3) is 0. The summed E-state index contributed by atoms with van der Waals surface area (Å²) in [7, 11) is 0. The van der Waals surface area contributed by atoms with E-state index in [-0.39, 0.29) is 5.75 Å². The quantitative estimate of drug-likeness (QED) is 0.146. The summed E-state index contributed by atoms with van der Waals surface area (Å²) in [6.45, 7) is 0. The topological polar surface area (TPSA) is 71.8 Å². The van der Waals surface area contributed by atoms with Gasteiger partial charge < -0.3 is 9.84 Å². The van der Waals surface area contributed by atoms with Crippen molar-refractivity contribution in [2.75, 3.05) is 0 Å². The summed E-state index contributed by atoms with van der Waals surface area (Å²) in [5.41, 5.74) is 3.45. The van der Waals surface area contributed by atoms with Crippen LogP contribution in [-0.4, -0.2) is 22.3 Å². The zero-order valence-corrected chi connectivity index (χ0v) is 20.1. The molecule has 166 valence electrons. The minimum atomic E-state index is -0.433. The maximum Gasteiger partial charge on any atom is 0.343 e. The highest BCUT2D eigenvalue weighted by Gasteiger charge is 2.11. The molecule has 0 aliphatic rings. The van der Waals surface area contributed by atoms with Gasteiger partial charge in [0.2, 0.25) is 0 Å². The number of rotatable bonds is 5. The van der Waals surface area contributed by atoms with Crippen LogP contribution in [0.3, 0.4) is 0 Å². The molecular weight excluding hydrogens is 512 g/mol. The smallest absolute Gasteiger partial charge is 0.343 e. The summed E-state index contributed by atoms with van der Waals surface area (Å²) in [4.78, 5) is 21.4. The van der Waals surface area contributed by atoms with Crippen LogP contribution in [0.2, 0.25) is 0 Å². The predicted molar refractivity (Wildman–Crippen MR) is 140 cm³/mol. The molecule has 0 saturated carbocycles. The molecule has 1 aromatic heterocycles. The Hall–Kier alpha value is -3.81.